The molecule has 156 valence electrons. The molecule has 2 heterocycles. The summed E-state index contributed by atoms with van der Waals surface area (Å²) in [4.78, 5) is 26.5. The molecule has 1 N–H and O–H groups in total. The van der Waals surface area contributed by atoms with Gasteiger partial charge in [0.1, 0.15) is 6.04 Å². The van der Waals surface area contributed by atoms with E-state index >= 15 is 0 Å². The van der Waals surface area contributed by atoms with E-state index in [0.717, 1.165) is 56.3 Å². The Balaban J connectivity index is 1.59. The van der Waals surface area contributed by atoms with Gasteiger partial charge in [-0.2, -0.15) is 11.8 Å². The van der Waals surface area contributed by atoms with Crippen molar-refractivity contribution < 1.29 is 4.79 Å². The number of anilines is 1. The molecule has 1 atom stereocenters. The first-order valence-corrected chi connectivity index (χ1v) is 11.6. The molecule has 6 nitrogen and oxygen atoms in total. The third-order valence-electron chi connectivity index (χ3n) is 5.13. The fourth-order valence-corrected chi connectivity index (χ4v) is 4.10. The molecule has 29 heavy (non-hydrogen) atoms. The van der Waals surface area contributed by atoms with Crippen molar-refractivity contribution in [2.75, 3.05) is 43.5 Å². The normalized spacial score (nSPS) is 15.9. The van der Waals surface area contributed by atoms with Gasteiger partial charge in [-0.3, -0.25) is 9.69 Å². The van der Waals surface area contributed by atoms with Gasteiger partial charge in [0.15, 0.2) is 0 Å². The first kappa shape index (κ1) is 21.6. The van der Waals surface area contributed by atoms with Crippen LogP contribution in [-0.2, 0) is 11.3 Å². The molecule has 1 unspecified atom stereocenters. The van der Waals surface area contributed by atoms with Crippen molar-refractivity contribution in [2.24, 2.45) is 0 Å². The van der Waals surface area contributed by atoms with Gasteiger partial charge in [-0.05, 0) is 43.9 Å². The van der Waals surface area contributed by atoms with Crippen LogP contribution >= 0.6 is 11.8 Å². The molecule has 1 fully saturated rings. The van der Waals surface area contributed by atoms with Gasteiger partial charge < -0.3 is 10.2 Å². The third kappa shape index (κ3) is 6.44. The molecular formula is C22H31N5OS. The number of aryl methyl sites for hydroxylation is 2. The molecule has 1 aromatic carbocycles. The summed E-state index contributed by atoms with van der Waals surface area (Å²) in [7, 11) is 0. The second kappa shape index (κ2) is 10.6. The van der Waals surface area contributed by atoms with E-state index in [2.05, 4.69) is 50.7 Å². The van der Waals surface area contributed by atoms with Gasteiger partial charge in [0, 0.05) is 44.1 Å². The Labute approximate surface area is 178 Å². The monoisotopic (exact) mass is 413 g/mol. The van der Waals surface area contributed by atoms with Crippen LogP contribution in [-0.4, -0.2) is 69.9 Å². The molecule has 1 saturated heterocycles. The number of carbonyl (C=O) groups is 1. The van der Waals surface area contributed by atoms with Crippen molar-refractivity contribution in [2.45, 2.75) is 32.9 Å². The molecule has 1 aliphatic rings. The van der Waals surface area contributed by atoms with Crippen molar-refractivity contribution in [3.63, 3.8) is 0 Å². The Bertz CT molecular complexity index is 773. The largest absolute Gasteiger partial charge is 0.342 e. The lowest BCUT2D eigenvalue weighted by molar-refractivity contribution is -0.133. The van der Waals surface area contributed by atoms with Crippen LogP contribution in [0.15, 0.2) is 36.4 Å². The molecule has 1 aromatic heterocycles. The number of carbonyl (C=O) groups excluding carboxylic acids is 1. The minimum absolute atomic E-state index is 0.154. The second-order valence-corrected chi connectivity index (χ2v) is 8.53. The van der Waals surface area contributed by atoms with Gasteiger partial charge in [-0.15, -0.1) is 0 Å². The third-order valence-corrected chi connectivity index (χ3v) is 5.77. The van der Waals surface area contributed by atoms with Crippen LogP contribution in [0.1, 0.15) is 23.4 Å². The zero-order valence-corrected chi connectivity index (χ0v) is 18.4. The van der Waals surface area contributed by atoms with Crippen LogP contribution in [0.2, 0.25) is 0 Å². The first-order chi connectivity index (χ1) is 14.0. The summed E-state index contributed by atoms with van der Waals surface area (Å²) in [6.45, 7) is 8.15. The maximum atomic E-state index is 13.2. The maximum Gasteiger partial charge on any atom is 0.245 e. The fourth-order valence-electron chi connectivity index (χ4n) is 3.63. The summed E-state index contributed by atoms with van der Waals surface area (Å²) < 4.78 is 0. The van der Waals surface area contributed by atoms with Gasteiger partial charge in [-0.25, -0.2) is 9.97 Å². The van der Waals surface area contributed by atoms with Crippen LogP contribution in [0.4, 0.5) is 5.95 Å². The molecule has 0 radical (unpaired) electrons. The number of hydrogen-bond acceptors (Lipinski definition) is 6. The maximum absolute atomic E-state index is 13.2. The zero-order chi connectivity index (χ0) is 20.6. The van der Waals surface area contributed by atoms with Gasteiger partial charge >= 0.3 is 0 Å². The predicted molar refractivity (Wildman–Crippen MR) is 120 cm³/mol. The highest BCUT2D eigenvalue weighted by molar-refractivity contribution is 7.98. The number of nitrogens with one attached hydrogen (secondary N) is 1. The Morgan fingerprint density at radius 3 is 2.38 bits per heavy atom. The minimum atomic E-state index is -0.288. The van der Waals surface area contributed by atoms with E-state index in [1.54, 1.807) is 11.8 Å². The minimum Gasteiger partial charge on any atom is -0.342 e. The van der Waals surface area contributed by atoms with Gasteiger partial charge in [0.05, 0.1) is 0 Å². The standard InChI is InChI=1S/C22H31N5OS/c1-17-15-18(2)24-22(23-17)25-20(9-14-29-3)21(28)27-12-10-26(11-13-27)16-19-7-5-4-6-8-19/h4-8,15,20H,9-14,16H2,1-3H3,(H,23,24,25). The Morgan fingerprint density at radius 1 is 1.10 bits per heavy atom. The van der Waals surface area contributed by atoms with Crippen molar-refractivity contribution in [3.8, 4) is 0 Å². The lowest BCUT2D eigenvalue weighted by atomic mass is 10.1. The van der Waals surface area contributed by atoms with E-state index in [1.165, 1.54) is 5.56 Å². The number of nitrogens with zero attached hydrogens (tertiary/aromatic N) is 4. The number of hydrogen-bond donors (Lipinski definition) is 1. The van der Waals surface area contributed by atoms with Crippen molar-refractivity contribution in [1.82, 2.24) is 19.8 Å². The van der Waals surface area contributed by atoms with E-state index in [9.17, 15) is 4.79 Å². The number of amides is 1. The summed E-state index contributed by atoms with van der Waals surface area (Å²) in [6, 6.07) is 12.2. The quantitative estimate of drug-likeness (QED) is 0.718. The summed E-state index contributed by atoms with van der Waals surface area (Å²) in [5.41, 5.74) is 3.13. The SMILES string of the molecule is CSCCC(Nc1nc(C)cc(C)n1)C(=O)N1CCN(Cc2ccccc2)CC1. The first-order valence-electron chi connectivity index (χ1n) is 10.2. The molecule has 0 bridgehead atoms. The molecule has 1 aliphatic heterocycles. The second-order valence-electron chi connectivity index (χ2n) is 7.54. The number of benzene rings is 1. The molecule has 0 saturated carbocycles. The molecule has 3 rings (SSSR count). The molecular weight excluding hydrogens is 382 g/mol. The van der Waals surface area contributed by atoms with Crippen LogP contribution in [0.5, 0.6) is 0 Å². The van der Waals surface area contributed by atoms with Crippen molar-refractivity contribution in [1.29, 1.82) is 0 Å². The predicted octanol–water partition coefficient (Wildman–Crippen LogP) is 2.97. The highest BCUT2D eigenvalue weighted by Crippen LogP contribution is 2.14. The summed E-state index contributed by atoms with van der Waals surface area (Å²) >= 11 is 1.75. The number of rotatable bonds is 8. The molecule has 2 aromatic rings. The molecule has 1 amide bonds. The van der Waals surface area contributed by atoms with Gasteiger partial charge in [0.2, 0.25) is 11.9 Å². The Kier molecular flexibility index (Phi) is 7.89. The summed E-state index contributed by atoms with van der Waals surface area (Å²) in [6.07, 6.45) is 2.83. The molecule has 0 aliphatic carbocycles. The van der Waals surface area contributed by atoms with Crippen LogP contribution in [0.25, 0.3) is 0 Å². The highest BCUT2D eigenvalue weighted by atomic mass is 32.2. The number of aromatic nitrogens is 2. The highest BCUT2D eigenvalue weighted by Gasteiger charge is 2.28. The van der Waals surface area contributed by atoms with Crippen LogP contribution < -0.4 is 5.32 Å². The molecule has 0 spiro atoms. The lowest BCUT2D eigenvalue weighted by Gasteiger charge is -2.36. The van der Waals surface area contributed by atoms with Crippen molar-refractivity contribution in [3.05, 3.63) is 53.3 Å². The smallest absolute Gasteiger partial charge is 0.245 e. The Hall–Kier alpha value is -2.12. The van der Waals surface area contributed by atoms with Crippen molar-refractivity contribution >= 4 is 23.6 Å². The summed E-state index contributed by atoms with van der Waals surface area (Å²) in [5.74, 6) is 1.62. The van der Waals surface area contributed by atoms with E-state index in [1.807, 2.05) is 30.9 Å². The van der Waals surface area contributed by atoms with E-state index in [-0.39, 0.29) is 11.9 Å². The van der Waals surface area contributed by atoms with Crippen LogP contribution in [0.3, 0.4) is 0 Å². The average molecular weight is 414 g/mol. The fraction of sp³-hybridized carbons (Fsp3) is 0.500. The molecule has 7 heteroatoms. The number of piperazine rings is 1. The topological polar surface area (TPSA) is 61.4 Å². The van der Waals surface area contributed by atoms with E-state index < -0.39 is 0 Å². The number of thioether (sulfide) groups is 1. The van der Waals surface area contributed by atoms with Gasteiger partial charge in [0.25, 0.3) is 0 Å². The lowest BCUT2D eigenvalue weighted by Crippen LogP contribution is -2.52. The summed E-state index contributed by atoms with van der Waals surface area (Å²) in [5, 5.41) is 3.30. The van der Waals surface area contributed by atoms with Gasteiger partial charge in [-0.1, -0.05) is 30.3 Å². The zero-order valence-electron chi connectivity index (χ0n) is 17.6. The van der Waals surface area contributed by atoms with Crippen LogP contribution in [0, 0.1) is 13.8 Å². The Morgan fingerprint density at radius 2 is 1.76 bits per heavy atom. The van der Waals surface area contributed by atoms with E-state index in [4.69, 9.17) is 0 Å². The van der Waals surface area contributed by atoms with E-state index in [0.29, 0.717) is 5.95 Å². The average Bonchev–Trinajstić information content (AvgIpc) is 2.71.